The highest BCUT2D eigenvalue weighted by Crippen LogP contribution is 2.30. The molecule has 0 spiro atoms. The number of aryl methyl sites for hydroxylation is 1. The van der Waals surface area contributed by atoms with Crippen molar-refractivity contribution in [1.82, 2.24) is 0 Å². The Bertz CT molecular complexity index is 1090. The van der Waals surface area contributed by atoms with Crippen molar-refractivity contribution in [3.63, 3.8) is 0 Å². The number of amides is 1. The van der Waals surface area contributed by atoms with Crippen molar-refractivity contribution in [2.24, 2.45) is 0 Å². The van der Waals surface area contributed by atoms with Crippen LogP contribution in [0.3, 0.4) is 0 Å². The maximum absolute atomic E-state index is 12.2. The number of hydrogen-bond acceptors (Lipinski definition) is 6. The molecule has 6 nitrogen and oxygen atoms in total. The summed E-state index contributed by atoms with van der Waals surface area (Å²) in [5, 5.41) is 5.87. The van der Waals surface area contributed by atoms with Crippen LogP contribution in [0.4, 0.5) is 17.3 Å². The second-order valence-corrected chi connectivity index (χ2v) is 7.32. The third kappa shape index (κ3) is 5.36. The second-order valence-electron chi connectivity index (χ2n) is 6.31. The Kier molecular flexibility index (Phi) is 6.51. The van der Waals surface area contributed by atoms with E-state index in [0.717, 1.165) is 10.6 Å². The predicted molar refractivity (Wildman–Crippen MR) is 115 cm³/mol. The first-order valence-corrected chi connectivity index (χ1v) is 9.92. The smallest absolute Gasteiger partial charge is 0.234 e. The van der Waals surface area contributed by atoms with E-state index in [0.29, 0.717) is 11.4 Å². The molecule has 0 unspecified atom stereocenters. The molecule has 0 aliphatic heterocycles. The van der Waals surface area contributed by atoms with Gasteiger partial charge in [-0.25, -0.2) is 0 Å². The van der Waals surface area contributed by atoms with Crippen molar-refractivity contribution in [1.29, 1.82) is 0 Å². The molecule has 0 aliphatic rings. The third-order valence-electron chi connectivity index (χ3n) is 3.97. The zero-order chi connectivity index (χ0) is 20.8. The number of nitrogens with one attached hydrogen (secondary N) is 2. The lowest BCUT2D eigenvalue weighted by Gasteiger charge is -2.13. The van der Waals surface area contributed by atoms with Crippen LogP contribution in [0.15, 0.2) is 74.8 Å². The molecule has 0 aliphatic carbocycles. The summed E-state index contributed by atoms with van der Waals surface area (Å²) in [4.78, 5) is 37.1. The zero-order valence-electron chi connectivity index (χ0n) is 16.0. The van der Waals surface area contributed by atoms with E-state index in [-0.39, 0.29) is 28.9 Å². The predicted octanol–water partition coefficient (Wildman–Crippen LogP) is 4.63. The van der Waals surface area contributed by atoms with Crippen LogP contribution in [0.25, 0.3) is 0 Å². The summed E-state index contributed by atoms with van der Waals surface area (Å²) in [6.45, 7) is 2.96. The van der Waals surface area contributed by atoms with Gasteiger partial charge in [-0.1, -0.05) is 30.3 Å². The van der Waals surface area contributed by atoms with E-state index >= 15 is 0 Å². The maximum Gasteiger partial charge on any atom is 0.234 e. The van der Waals surface area contributed by atoms with E-state index in [9.17, 15) is 14.4 Å². The highest BCUT2D eigenvalue weighted by molar-refractivity contribution is 8.00. The van der Waals surface area contributed by atoms with Gasteiger partial charge in [-0.2, -0.15) is 0 Å². The molecule has 0 fully saturated rings. The van der Waals surface area contributed by atoms with E-state index in [1.807, 2.05) is 48.5 Å². The molecule has 0 radical (unpaired) electrons. The summed E-state index contributed by atoms with van der Waals surface area (Å²) in [6, 6.07) is 17.8. The Morgan fingerprint density at radius 3 is 2.45 bits per heavy atom. The lowest BCUT2D eigenvalue weighted by molar-refractivity contribution is -0.113. The van der Waals surface area contributed by atoms with Gasteiger partial charge in [-0.05, 0) is 38.1 Å². The second kappa shape index (κ2) is 9.25. The minimum atomic E-state index is -0.392. The number of carbonyl (C=O) groups is 2. The molecule has 0 bridgehead atoms. The molecule has 2 aromatic carbocycles. The van der Waals surface area contributed by atoms with Crippen molar-refractivity contribution in [2.75, 3.05) is 16.4 Å². The first-order valence-electron chi connectivity index (χ1n) is 8.93. The molecule has 7 heteroatoms. The first kappa shape index (κ1) is 20.4. The third-order valence-corrected chi connectivity index (χ3v) is 5.05. The molecule has 0 saturated carbocycles. The van der Waals surface area contributed by atoms with Gasteiger partial charge in [0.1, 0.15) is 11.3 Å². The number of rotatable bonds is 7. The van der Waals surface area contributed by atoms with Crippen LogP contribution in [0.1, 0.15) is 23.0 Å². The van der Waals surface area contributed by atoms with E-state index in [1.54, 1.807) is 13.0 Å². The monoisotopic (exact) mass is 408 g/mol. The molecule has 3 rings (SSSR count). The average molecular weight is 408 g/mol. The van der Waals surface area contributed by atoms with Gasteiger partial charge in [0.2, 0.25) is 11.8 Å². The van der Waals surface area contributed by atoms with E-state index in [1.165, 1.54) is 24.8 Å². The quantitative estimate of drug-likeness (QED) is 0.438. The Balaban J connectivity index is 1.77. The summed E-state index contributed by atoms with van der Waals surface area (Å²) in [6.07, 6.45) is 0. The molecule has 3 aromatic rings. The SMILES string of the molecule is CC(=O)c1c(Nc2ccccc2SCC(=O)Nc2ccccc2)oc(C)cc1=O. The fourth-order valence-corrected chi connectivity index (χ4v) is 3.52. The summed E-state index contributed by atoms with van der Waals surface area (Å²) >= 11 is 1.34. The number of carbonyl (C=O) groups excluding carboxylic acids is 2. The molecular formula is C22H20N2O4S. The van der Waals surface area contributed by atoms with Gasteiger partial charge >= 0.3 is 0 Å². The molecule has 1 amide bonds. The molecule has 2 N–H and O–H groups in total. The van der Waals surface area contributed by atoms with Crippen molar-refractivity contribution in [3.8, 4) is 0 Å². The van der Waals surface area contributed by atoms with Gasteiger partial charge in [0.15, 0.2) is 11.2 Å². The number of thioether (sulfide) groups is 1. The minimum absolute atomic E-state index is 0.0303. The highest BCUT2D eigenvalue weighted by atomic mass is 32.2. The molecule has 0 atom stereocenters. The summed E-state index contributed by atoms with van der Waals surface area (Å²) in [7, 11) is 0. The van der Waals surface area contributed by atoms with Gasteiger partial charge in [0, 0.05) is 16.6 Å². The van der Waals surface area contributed by atoms with Gasteiger partial charge in [-0.15, -0.1) is 11.8 Å². The lowest BCUT2D eigenvalue weighted by Crippen LogP contribution is -2.15. The molecule has 1 aromatic heterocycles. The standard InChI is InChI=1S/C22H20N2O4S/c1-14-12-18(26)21(15(2)25)22(28-14)24-17-10-6-7-11-19(17)29-13-20(27)23-16-8-4-3-5-9-16/h3-12,24H,13H2,1-2H3,(H,23,27). The van der Waals surface area contributed by atoms with Crippen LogP contribution in [0.2, 0.25) is 0 Å². The molecule has 148 valence electrons. The first-order chi connectivity index (χ1) is 13.9. The van der Waals surface area contributed by atoms with E-state index in [4.69, 9.17) is 4.42 Å². The fourth-order valence-electron chi connectivity index (χ4n) is 2.71. The normalized spacial score (nSPS) is 10.4. The van der Waals surface area contributed by atoms with E-state index < -0.39 is 5.43 Å². The van der Waals surface area contributed by atoms with Gasteiger partial charge in [0.05, 0.1) is 11.4 Å². The Morgan fingerprint density at radius 1 is 1.03 bits per heavy atom. The van der Waals surface area contributed by atoms with Crippen molar-refractivity contribution in [3.05, 3.63) is 82.2 Å². The number of anilines is 3. The van der Waals surface area contributed by atoms with Crippen LogP contribution in [0, 0.1) is 6.92 Å². The topological polar surface area (TPSA) is 88.4 Å². The van der Waals surface area contributed by atoms with Crippen molar-refractivity contribution < 1.29 is 14.0 Å². The number of hydrogen-bond donors (Lipinski definition) is 2. The molecule has 29 heavy (non-hydrogen) atoms. The van der Waals surface area contributed by atoms with Gasteiger partial charge < -0.3 is 15.1 Å². The molecular weight excluding hydrogens is 388 g/mol. The van der Waals surface area contributed by atoms with Crippen LogP contribution in [-0.4, -0.2) is 17.4 Å². The Morgan fingerprint density at radius 2 is 1.72 bits per heavy atom. The van der Waals surface area contributed by atoms with Gasteiger partial charge in [-0.3, -0.25) is 14.4 Å². The lowest BCUT2D eigenvalue weighted by atomic mass is 10.1. The number of para-hydroxylation sites is 2. The summed E-state index contributed by atoms with van der Waals surface area (Å²) < 4.78 is 5.59. The molecule has 1 heterocycles. The van der Waals surface area contributed by atoms with Crippen LogP contribution in [-0.2, 0) is 4.79 Å². The number of ketones is 1. The van der Waals surface area contributed by atoms with Gasteiger partial charge in [0.25, 0.3) is 0 Å². The van der Waals surface area contributed by atoms with E-state index in [2.05, 4.69) is 10.6 Å². The number of Topliss-reactive ketones (excluding diaryl/α,β-unsaturated/α-hetero) is 1. The van der Waals surface area contributed by atoms with Crippen molar-refractivity contribution >= 4 is 40.7 Å². The highest BCUT2D eigenvalue weighted by Gasteiger charge is 2.17. The van der Waals surface area contributed by atoms with Crippen LogP contribution >= 0.6 is 11.8 Å². The van der Waals surface area contributed by atoms with Crippen LogP contribution < -0.4 is 16.1 Å². The Labute approximate surface area is 172 Å². The minimum Gasteiger partial charge on any atom is -0.445 e. The fraction of sp³-hybridized carbons (Fsp3) is 0.136. The van der Waals surface area contributed by atoms with Crippen molar-refractivity contribution in [2.45, 2.75) is 18.7 Å². The summed E-state index contributed by atoms with van der Waals surface area (Å²) in [5.41, 5.74) is 0.951. The largest absolute Gasteiger partial charge is 0.445 e. The number of benzene rings is 2. The molecule has 0 saturated heterocycles. The average Bonchev–Trinajstić information content (AvgIpc) is 2.67. The zero-order valence-corrected chi connectivity index (χ0v) is 16.8. The Hall–Kier alpha value is -3.32. The summed E-state index contributed by atoms with van der Waals surface area (Å²) in [5.74, 6) is 0.181. The van der Waals surface area contributed by atoms with Crippen LogP contribution in [0.5, 0.6) is 0 Å². The maximum atomic E-state index is 12.2.